The summed E-state index contributed by atoms with van der Waals surface area (Å²) in [5.41, 5.74) is 2.90. The van der Waals surface area contributed by atoms with Gasteiger partial charge in [-0.25, -0.2) is 4.39 Å². The van der Waals surface area contributed by atoms with Gasteiger partial charge in [-0.05, 0) is 54.2 Å². The molecule has 1 spiro atoms. The van der Waals surface area contributed by atoms with Crippen molar-refractivity contribution in [2.75, 3.05) is 13.6 Å². The van der Waals surface area contributed by atoms with Crippen molar-refractivity contribution in [1.29, 1.82) is 0 Å². The summed E-state index contributed by atoms with van der Waals surface area (Å²) in [5, 5.41) is 3.60. The Labute approximate surface area is 141 Å². The lowest BCUT2D eigenvalue weighted by atomic mass is 9.95. The lowest BCUT2D eigenvalue weighted by molar-refractivity contribution is -0.131. The molecule has 0 radical (unpaired) electrons. The van der Waals surface area contributed by atoms with Gasteiger partial charge < -0.3 is 4.90 Å². The molecule has 2 aliphatic rings. The standard InChI is InChI=1S/C20H21FN2O/c1-23-12-11-20(19(23)24)10-9-18(22-20)16-4-2-3-15(13-16)14-5-7-17(21)8-6-14/h2-8,13,18,22H,9-12H2,1H3/t18-,20-/m1/s1. The highest BCUT2D eigenvalue weighted by molar-refractivity contribution is 5.88. The van der Waals surface area contributed by atoms with Crippen LogP contribution in [0.1, 0.15) is 30.9 Å². The summed E-state index contributed by atoms with van der Waals surface area (Å²) >= 11 is 0. The first kappa shape index (κ1) is 15.3. The summed E-state index contributed by atoms with van der Waals surface area (Å²) in [7, 11) is 1.88. The van der Waals surface area contributed by atoms with Gasteiger partial charge in [0.25, 0.3) is 0 Å². The lowest BCUT2D eigenvalue weighted by Crippen LogP contribution is -2.47. The molecule has 124 valence electrons. The number of rotatable bonds is 2. The third-order valence-corrected chi connectivity index (χ3v) is 5.41. The van der Waals surface area contributed by atoms with E-state index in [1.54, 1.807) is 12.1 Å². The van der Waals surface area contributed by atoms with Crippen LogP contribution in [-0.4, -0.2) is 29.9 Å². The van der Waals surface area contributed by atoms with Gasteiger partial charge in [0.2, 0.25) is 5.91 Å². The Bertz CT molecular complexity index is 773. The molecule has 2 aromatic carbocycles. The van der Waals surface area contributed by atoms with Gasteiger partial charge in [-0.1, -0.05) is 30.3 Å². The molecule has 2 aliphatic heterocycles. The number of halogens is 1. The Balaban J connectivity index is 1.59. The highest BCUT2D eigenvalue weighted by atomic mass is 19.1. The third kappa shape index (κ3) is 2.51. The second-order valence-corrected chi connectivity index (χ2v) is 6.93. The minimum absolute atomic E-state index is 0.195. The maximum absolute atomic E-state index is 13.1. The minimum atomic E-state index is -0.370. The van der Waals surface area contributed by atoms with E-state index in [0.29, 0.717) is 0 Å². The summed E-state index contributed by atoms with van der Waals surface area (Å²) in [6, 6.07) is 15.1. The van der Waals surface area contributed by atoms with Crippen LogP contribution in [-0.2, 0) is 4.79 Å². The van der Waals surface area contributed by atoms with Crippen molar-refractivity contribution in [3.05, 3.63) is 59.9 Å². The van der Waals surface area contributed by atoms with E-state index in [1.807, 2.05) is 24.1 Å². The Kier molecular flexibility index (Phi) is 3.65. The molecule has 2 atom stereocenters. The van der Waals surface area contributed by atoms with Crippen LogP contribution >= 0.6 is 0 Å². The van der Waals surface area contributed by atoms with Crippen molar-refractivity contribution < 1.29 is 9.18 Å². The molecule has 1 amide bonds. The quantitative estimate of drug-likeness (QED) is 0.917. The van der Waals surface area contributed by atoms with Crippen molar-refractivity contribution in [3.8, 4) is 11.1 Å². The number of carbonyl (C=O) groups is 1. The molecule has 2 heterocycles. The fourth-order valence-electron chi connectivity index (χ4n) is 3.99. The van der Waals surface area contributed by atoms with Gasteiger partial charge in [0.1, 0.15) is 11.4 Å². The van der Waals surface area contributed by atoms with Gasteiger partial charge in [0.05, 0.1) is 0 Å². The predicted octanol–water partition coefficient (Wildman–Crippen LogP) is 3.52. The van der Waals surface area contributed by atoms with Gasteiger partial charge in [0.15, 0.2) is 0 Å². The first-order valence-electron chi connectivity index (χ1n) is 8.47. The van der Waals surface area contributed by atoms with Crippen LogP contribution in [0.15, 0.2) is 48.5 Å². The maximum atomic E-state index is 13.1. The normalized spacial score (nSPS) is 26.5. The average molecular weight is 324 g/mol. The molecule has 2 fully saturated rings. The molecule has 0 bridgehead atoms. The highest BCUT2D eigenvalue weighted by Crippen LogP contribution is 2.39. The Hall–Kier alpha value is -2.20. The van der Waals surface area contributed by atoms with E-state index < -0.39 is 0 Å². The van der Waals surface area contributed by atoms with Crippen molar-refractivity contribution in [3.63, 3.8) is 0 Å². The molecule has 1 N–H and O–H groups in total. The number of nitrogens with zero attached hydrogens (tertiary/aromatic N) is 1. The van der Waals surface area contributed by atoms with Crippen molar-refractivity contribution in [2.45, 2.75) is 30.8 Å². The zero-order valence-corrected chi connectivity index (χ0v) is 13.8. The number of likely N-dealkylation sites (tertiary alicyclic amines) is 1. The van der Waals surface area contributed by atoms with Crippen molar-refractivity contribution in [2.24, 2.45) is 0 Å². The Morgan fingerprint density at radius 1 is 1.12 bits per heavy atom. The van der Waals surface area contributed by atoms with E-state index in [9.17, 15) is 9.18 Å². The van der Waals surface area contributed by atoms with Gasteiger partial charge in [-0.3, -0.25) is 10.1 Å². The highest BCUT2D eigenvalue weighted by Gasteiger charge is 2.49. The lowest BCUT2D eigenvalue weighted by Gasteiger charge is -2.23. The number of amides is 1. The summed E-state index contributed by atoms with van der Waals surface area (Å²) < 4.78 is 13.1. The first-order valence-corrected chi connectivity index (χ1v) is 8.47. The fraction of sp³-hybridized carbons (Fsp3) is 0.350. The average Bonchev–Trinajstić information content (AvgIpc) is 3.16. The molecule has 2 aromatic rings. The second-order valence-electron chi connectivity index (χ2n) is 6.93. The monoisotopic (exact) mass is 324 g/mol. The van der Waals surface area contributed by atoms with E-state index in [-0.39, 0.29) is 23.3 Å². The first-order chi connectivity index (χ1) is 11.6. The largest absolute Gasteiger partial charge is 0.344 e. The summed E-state index contributed by atoms with van der Waals surface area (Å²) in [4.78, 5) is 14.3. The number of benzene rings is 2. The van der Waals surface area contributed by atoms with Crippen molar-refractivity contribution >= 4 is 5.91 Å². The van der Waals surface area contributed by atoms with E-state index in [0.717, 1.165) is 36.9 Å². The Morgan fingerprint density at radius 2 is 1.92 bits per heavy atom. The topological polar surface area (TPSA) is 32.3 Å². The molecule has 2 saturated heterocycles. The number of nitrogens with one attached hydrogen (secondary N) is 1. The molecule has 0 aromatic heterocycles. The van der Waals surface area contributed by atoms with Crippen LogP contribution in [0.3, 0.4) is 0 Å². The molecular weight excluding hydrogens is 303 g/mol. The number of carbonyl (C=O) groups excluding carboxylic acids is 1. The van der Waals surface area contributed by atoms with Gasteiger partial charge in [-0.2, -0.15) is 0 Å². The summed E-state index contributed by atoms with van der Waals surface area (Å²) in [5.74, 6) is -0.00198. The van der Waals surface area contributed by atoms with E-state index in [4.69, 9.17) is 0 Å². The van der Waals surface area contributed by atoms with Crippen LogP contribution in [0.4, 0.5) is 4.39 Å². The smallest absolute Gasteiger partial charge is 0.242 e. The molecule has 3 nitrogen and oxygen atoms in total. The third-order valence-electron chi connectivity index (χ3n) is 5.41. The van der Waals surface area contributed by atoms with Crippen molar-refractivity contribution in [1.82, 2.24) is 10.2 Å². The van der Waals surface area contributed by atoms with E-state index in [2.05, 4.69) is 17.4 Å². The molecule has 0 saturated carbocycles. The Morgan fingerprint density at radius 3 is 2.62 bits per heavy atom. The summed E-state index contributed by atoms with van der Waals surface area (Å²) in [6.07, 6.45) is 2.74. The van der Waals surface area contributed by atoms with Gasteiger partial charge in [-0.15, -0.1) is 0 Å². The maximum Gasteiger partial charge on any atom is 0.242 e. The number of likely N-dealkylation sites (N-methyl/N-ethyl adjacent to an activating group) is 1. The van der Waals surface area contributed by atoms with Gasteiger partial charge in [0, 0.05) is 19.6 Å². The van der Waals surface area contributed by atoms with Crippen LogP contribution < -0.4 is 5.32 Å². The second kappa shape index (κ2) is 5.71. The van der Waals surface area contributed by atoms with E-state index >= 15 is 0 Å². The molecule has 4 heteroatoms. The number of hydrogen-bond donors (Lipinski definition) is 1. The molecular formula is C20H21FN2O. The van der Waals surface area contributed by atoms with Crippen LogP contribution in [0.2, 0.25) is 0 Å². The SMILES string of the molecule is CN1CC[C@]2(CC[C@H](c3cccc(-c4ccc(F)cc4)c3)N2)C1=O. The molecule has 0 aliphatic carbocycles. The molecule has 4 rings (SSSR count). The van der Waals surface area contributed by atoms with E-state index in [1.165, 1.54) is 17.7 Å². The fourth-order valence-corrected chi connectivity index (χ4v) is 3.99. The van der Waals surface area contributed by atoms with Crippen LogP contribution in [0.5, 0.6) is 0 Å². The van der Waals surface area contributed by atoms with Crippen LogP contribution in [0, 0.1) is 5.82 Å². The predicted molar refractivity (Wildman–Crippen MR) is 91.9 cm³/mol. The van der Waals surface area contributed by atoms with Gasteiger partial charge >= 0.3 is 0 Å². The number of hydrogen-bond acceptors (Lipinski definition) is 2. The van der Waals surface area contributed by atoms with Crippen LogP contribution in [0.25, 0.3) is 11.1 Å². The zero-order chi connectivity index (χ0) is 16.7. The summed E-state index contributed by atoms with van der Waals surface area (Å²) in [6.45, 7) is 0.828. The minimum Gasteiger partial charge on any atom is -0.344 e. The molecule has 0 unspecified atom stereocenters. The zero-order valence-electron chi connectivity index (χ0n) is 13.8. The molecule has 24 heavy (non-hydrogen) atoms.